The summed E-state index contributed by atoms with van der Waals surface area (Å²) >= 11 is 12.0. The number of rotatable bonds is 5. The first-order chi connectivity index (χ1) is 10.2. The fourth-order valence-corrected chi connectivity index (χ4v) is 2.63. The molecule has 0 spiro atoms. The minimum atomic E-state index is -0.483. The van der Waals surface area contributed by atoms with E-state index in [9.17, 15) is 10.4 Å². The molecule has 6 heteroatoms. The zero-order valence-electron chi connectivity index (χ0n) is 11.1. The van der Waals surface area contributed by atoms with Gasteiger partial charge in [0.15, 0.2) is 5.15 Å². The lowest BCUT2D eigenvalue weighted by Gasteiger charge is -2.21. The zero-order valence-corrected chi connectivity index (χ0v) is 12.6. The number of nitriles is 1. The quantitative estimate of drug-likeness (QED) is 0.914. The topological polar surface area (TPSA) is 69.8 Å². The fraction of sp³-hybridized carbons (Fsp3) is 0.267. The third-order valence-corrected chi connectivity index (χ3v) is 3.69. The molecule has 1 aromatic carbocycles. The van der Waals surface area contributed by atoms with Crippen LogP contribution in [0.15, 0.2) is 36.5 Å². The third kappa shape index (κ3) is 3.70. The Kier molecular flexibility index (Phi) is 5.51. The SMILES string of the molecule is N#C[C@H](c1ccccc1)[C@H](CCO)c1nc(Cl)cnc1Cl. The average molecular weight is 322 g/mol. The lowest BCUT2D eigenvalue weighted by atomic mass is 9.83. The van der Waals surface area contributed by atoms with Crippen molar-refractivity contribution in [1.29, 1.82) is 5.26 Å². The summed E-state index contributed by atoms with van der Waals surface area (Å²) in [5.41, 5.74) is 1.28. The summed E-state index contributed by atoms with van der Waals surface area (Å²) in [4.78, 5) is 8.17. The second-order valence-corrected chi connectivity index (χ2v) is 5.25. The van der Waals surface area contributed by atoms with Crippen molar-refractivity contribution >= 4 is 23.2 Å². The summed E-state index contributed by atoms with van der Waals surface area (Å²) in [6.45, 7) is -0.0831. The van der Waals surface area contributed by atoms with Gasteiger partial charge < -0.3 is 5.11 Å². The van der Waals surface area contributed by atoms with Gasteiger partial charge in [0.25, 0.3) is 0 Å². The number of hydrogen-bond acceptors (Lipinski definition) is 4. The Morgan fingerprint density at radius 2 is 1.95 bits per heavy atom. The monoisotopic (exact) mass is 321 g/mol. The highest BCUT2D eigenvalue weighted by molar-refractivity contribution is 6.31. The molecule has 4 nitrogen and oxygen atoms in total. The summed E-state index contributed by atoms with van der Waals surface area (Å²) in [7, 11) is 0. The largest absolute Gasteiger partial charge is 0.396 e. The van der Waals surface area contributed by atoms with Gasteiger partial charge in [-0.05, 0) is 12.0 Å². The average Bonchev–Trinajstić information content (AvgIpc) is 2.51. The highest BCUT2D eigenvalue weighted by atomic mass is 35.5. The van der Waals surface area contributed by atoms with E-state index in [4.69, 9.17) is 23.2 Å². The summed E-state index contributed by atoms with van der Waals surface area (Å²) in [5.74, 6) is -0.857. The van der Waals surface area contributed by atoms with Gasteiger partial charge in [0.1, 0.15) is 5.15 Å². The number of benzene rings is 1. The molecule has 108 valence electrons. The van der Waals surface area contributed by atoms with Gasteiger partial charge in [0, 0.05) is 12.5 Å². The number of nitrogens with zero attached hydrogens (tertiary/aromatic N) is 3. The van der Waals surface area contributed by atoms with Crippen LogP contribution >= 0.6 is 23.2 Å². The van der Waals surface area contributed by atoms with Crippen molar-refractivity contribution in [3.63, 3.8) is 0 Å². The normalized spacial score (nSPS) is 13.4. The Morgan fingerprint density at radius 1 is 1.24 bits per heavy atom. The Balaban J connectivity index is 2.47. The van der Waals surface area contributed by atoms with Gasteiger partial charge in [-0.15, -0.1) is 0 Å². The minimum Gasteiger partial charge on any atom is -0.396 e. The number of halogens is 2. The van der Waals surface area contributed by atoms with Crippen LogP contribution in [0.1, 0.15) is 29.5 Å². The molecule has 2 atom stereocenters. The maximum Gasteiger partial charge on any atom is 0.150 e. The molecule has 21 heavy (non-hydrogen) atoms. The van der Waals surface area contributed by atoms with Crippen LogP contribution in [0.25, 0.3) is 0 Å². The van der Waals surface area contributed by atoms with Crippen LogP contribution in [-0.2, 0) is 0 Å². The van der Waals surface area contributed by atoms with E-state index in [2.05, 4.69) is 16.0 Å². The van der Waals surface area contributed by atoms with Crippen LogP contribution in [0, 0.1) is 11.3 Å². The van der Waals surface area contributed by atoms with Crippen molar-refractivity contribution < 1.29 is 5.11 Å². The van der Waals surface area contributed by atoms with Gasteiger partial charge in [0.2, 0.25) is 0 Å². The molecule has 0 saturated heterocycles. The maximum absolute atomic E-state index is 9.54. The maximum atomic E-state index is 9.54. The van der Waals surface area contributed by atoms with Gasteiger partial charge in [0.05, 0.1) is 23.9 Å². The van der Waals surface area contributed by atoms with E-state index < -0.39 is 5.92 Å². The van der Waals surface area contributed by atoms with E-state index >= 15 is 0 Å². The van der Waals surface area contributed by atoms with Crippen LogP contribution < -0.4 is 0 Å². The van der Waals surface area contributed by atoms with Gasteiger partial charge in [-0.2, -0.15) is 5.26 Å². The summed E-state index contributed by atoms with van der Waals surface area (Å²) in [5, 5.41) is 19.3. The molecular weight excluding hydrogens is 309 g/mol. The standard InChI is InChI=1S/C15H13Cl2N3O/c16-13-9-19-15(17)14(20-13)11(6-7-21)12(8-18)10-4-2-1-3-5-10/h1-5,9,11-12,21H,6-7H2/t11-,12+/m0/s1. The predicted octanol–water partition coefficient (Wildman–Crippen LogP) is 3.56. The zero-order chi connectivity index (χ0) is 15.2. The lowest BCUT2D eigenvalue weighted by Crippen LogP contribution is -2.14. The van der Waals surface area contributed by atoms with Crippen LogP contribution in [0.5, 0.6) is 0 Å². The van der Waals surface area contributed by atoms with Crippen molar-refractivity contribution in [2.75, 3.05) is 6.61 Å². The Hall–Kier alpha value is -1.67. The molecule has 0 amide bonds. The van der Waals surface area contributed by atoms with Crippen molar-refractivity contribution in [2.24, 2.45) is 0 Å². The molecule has 2 aromatic rings. The van der Waals surface area contributed by atoms with E-state index in [0.29, 0.717) is 12.1 Å². The lowest BCUT2D eigenvalue weighted by molar-refractivity contribution is 0.271. The second-order valence-electron chi connectivity index (χ2n) is 4.51. The van der Waals surface area contributed by atoms with Gasteiger partial charge in [-0.3, -0.25) is 0 Å². The Bertz CT molecular complexity index is 643. The fourth-order valence-electron chi connectivity index (χ4n) is 2.26. The number of aliphatic hydroxyl groups excluding tert-OH is 1. The molecule has 0 fully saturated rings. The molecule has 0 aliphatic rings. The third-order valence-electron chi connectivity index (χ3n) is 3.21. The van der Waals surface area contributed by atoms with Crippen LogP contribution in [0.2, 0.25) is 10.3 Å². The Labute approximate surface area is 133 Å². The Morgan fingerprint density at radius 3 is 2.57 bits per heavy atom. The molecule has 0 unspecified atom stereocenters. The molecule has 0 saturated carbocycles. The molecule has 0 aliphatic heterocycles. The van der Waals surface area contributed by atoms with E-state index in [-0.39, 0.29) is 22.8 Å². The molecule has 0 bridgehead atoms. The van der Waals surface area contributed by atoms with Crippen LogP contribution in [0.3, 0.4) is 0 Å². The summed E-state index contributed by atoms with van der Waals surface area (Å²) < 4.78 is 0. The smallest absolute Gasteiger partial charge is 0.150 e. The van der Waals surface area contributed by atoms with Crippen molar-refractivity contribution in [1.82, 2.24) is 9.97 Å². The van der Waals surface area contributed by atoms with E-state index in [1.165, 1.54) is 6.20 Å². The van der Waals surface area contributed by atoms with Crippen LogP contribution in [0.4, 0.5) is 0 Å². The second kappa shape index (κ2) is 7.37. The highest BCUT2D eigenvalue weighted by Crippen LogP contribution is 2.37. The van der Waals surface area contributed by atoms with Gasteiger partial charge >= 0.3 is 0 Å². The molecule has 2 rings (SSSR count). The van der Waals surface area contributed by atoms with E-state index in [1.54, 1.807) is 0 Å². The van der Waals surface area contributed by atoms with Gasteiger partial charge in [-0.1, -0.05) is 53.5 Å². The molecule has 1 aromatic heterocycles. The number of aromatic nitrogens is 2. The number of aliphatic hydroxyl groups is 1. The van der Waals surface area contributed by atoms with Crippen LogP contribution in [-0.4, -0.2) is 21.7 Å². The molecular formula is C15H13Cl2N3O. The van der Waals surface area contributed by atoms with E-state index in [0.717, 1.165) is 5.56 Å². The van der Waals surface area contributed by atoms with Crippen molar-refractivity contribution in [3.05, 3.63) is 58.1 Å². The first kappa shape index (κ1) is 15.7. The number of hydrogen-bond donors (Lipinski definition) is 1. The highest BCUT2D eigenvalue weighted by Gasteiger charge is 2.28. The van der Waals surface area contributed by atoms with Gasteiger partial charge in [-0.25, -0.2) is 9.97 Å². The van der Waals surface area contributed by atoms with Crippen molar-refractivity contribution in [3.8, 4) is 6.07 Å². The molecule has 1 heterocycles. The first-order valence-electron chi connectivity index (χ1n) is 6.40. The molecule has 1 N–H and O–H groups in total. The minimum absolute atomic E-state index is 0.0831. The van der Waals surface area contributed by atoms with E-state index in [1.807, 2.05) is 30.3 Å². The molecule has 0 radical (unpaired) electrons. The summed E-state index contributed by atoms with van der Waals surface area (Å²) in [6, 6.07) is 11.6. The molecule has 0 aliphatic carbocycles. The first-order valence-corrected chi connectivity index (χ1v) is 7.16. The predicted molar refractivity (Wildman–Crippen MR) is 81.3 cm³/mol. The van der Waals surface area contributed by atoms with Crippen molar-refractivity contribution in [2.45, 2.75) is 18.3 Å². The summed E-state index contributed by atoms with van der Waals surface area (Å²) in [6.07, 6.45) is 1.70.